The highest BCUT2D eigenvalue weighted by Gasteiger charge is 2.35. The second kappa shape index (κ2) is 5.84. The molecule has 5 heteroatoms. The van der Waals surface area contributed by atoms with Gasteiger partial charge in [0.15, 0.2) is 0 Å². The van der Waals surface area contributed by atoms with Crippen LogP contribution in [-0.4, -0.2) is 48.2 Å². The van der Waals surface area contributed by atoms with Gasteiger partial charge >= 0.3 is 11.9 Å². The Hall–Kier alpha value is -1.10. The maximum Gasteiger partial charge on any atom is 0.320 e. The van der Waals surface area contributed by atoms with E-state index in [1.807, 2.05) is 4.90 Å². The van der Waals surface area contributed by atoms with Crippen LogP contribution in [0.3, 0.4) is 0 Å². The van der Waals surface area contributed by atoms with Gasteiger partial charge in [-0.05, 0) is 12.3 Å². The van der Waals surface area contributed by atoms with Crippen molar-refractivity contribution in [3.8, 4) is 0 Å². The Bertz CT molecular complexity index is 261. The maximum absolute atomic E-state index is 11.0. The number of carbonyl (C=O) groups is 2. The lowest BCUT2D eigenvalue weighted by Crippen LogP contribution is -2.54. The van der Waals surface area contributed by atoms with E-state index in [1.165, 1.54) is 7.11 Å². The number of rotatable bonds is 6. The van der Waals surface area contributed by atoms with Gasteiger partial charge in [-0.1, -0.05) is 13.3 Å². The van der Waals surface area contributed by atoms with Crippen molar-refractivity contribution in [2.75, 3.05) is 20.2 Å². The van der Waals surface area contributed by atoms with Crippen molar-refractivity contribution >= 4 is 11.9 Å². The van der Waals surface area contributed by atoms with Gasteiger partial charge in [0.05, 0.1) is 7.11 Å². The largest absolute Gasteiger partial charge is 0.480 e. The first-order valence-electron chi connectivity index (χ1n) is 5.62. The number of hydrogen-bond acceptors (Lipinski definition) is 4. The second-order valence-electron chi connectivity index (χ2n) is 4.20. The molecular formula is C11H19NO4. The first-order valence-corrected chi connectivity index (χ1v) is 5.62. The van der Waals surface area contributed by atoms with E-state index in [0.29, 0.717) is 12.3 Å². The Labute approximate surface area is 95.4 Å². The Morgan fingerprint density at radius 1 is 1.50 bits per heavy atom. The summed E-state index contributed by atoms with van der Waals surface area (Å²) in [5.41, 5.74) is 0. The van der Waals surface area contributed by atoms with Crippen LogP contribution in [0.15, 0.2) is 0 Å². The van der Waals surface area contributed by atoms with Crippen LogP contribution in [0.2, 0.25) is 0 Å². The Balaban J connectivity index is 2.38. The summed E-state index contributed by atoms with van der Waals surface area (Å²) >= 11 is 0. The molecule has 5 nitrogen and oxygen atoms in total. The Kier molecular flexibility index (Phi) is 4.73. The van der Waals surface area contributed by atoms with Crippen molar-refractivity contribution in [2.45, 2.75) is 32.2 Å². The van der Waals surface area contributed by atoms with Crippen LogP contribution in [0, 0.1) is 5.92 Å². The fourth-order valence-electron chi connectivity index (χ4n) is 1.94. The molecule has 1 atom stereocenters. The number of carboxylic acids is 1. The van der Waals surface area contributed by atoms with E-state index >= 15 is 0 Å². The van der Waals surface area contributed by atoms with Crippen molar-refractivity contribution in [3.05, 3.63) is 0 Å². The minimum absolute atomic E-state index is 0.167. The summed E-state index contributed by atoms with van der Waals surface area (Å²) in [7, 11) is 1.31. The molecular weight excluding hydrogens is 210 g/mol. The smallest absolute Gasteiger partial charge is 0.320 e. The number of hydrogen-bond donors (Lipinski definition) is 1. The topological polar surface area (TPSA) is 66.8 Å². The average molecular weight is 229 g/mol. The molecule has 1 N–H and O–H groups in total. The summed E-state index contributed by atoms with van der Waals surface area (Å²) in [4.78, 5) is 23.9. The molecule has 1 saturated heterocycles. The molecule has 1 unspecified atom stereocenters. The lowest BCUT2D eigenvalue weighted by molar-refractivity contribution is -0.148. The SMILES string of the molecule is CCC1CN(C(CCC(=O)OC)C(=O)O)C1. The van der Waals surface area contributed by atoms with Gasteiger partial charge in [0.25, 0.3) is 0 Å². The molecule has 0 radical (unpaired) electrons. The zero-order valence-electron chi connectivity index (χ0n) is 9.81. The van der Waals surface area contributed by atoms with Crippen LogP contribution in [-0.2, 0) is 14.3 Å². The molecule has 16 heavy (non-hydrogen) atoms. The van der Waals surface area contributed by atoms with Crippen molar-refractivity contribution in [1.82, 2.24) is 4.90 Å². The molecule has 0 aliphatic carbocycles. The van der Waals surface area contributed by atoms with Gasteiger partial charge in [-0.3, -0.25) is 14.5 Å². The van der Waals surface area contributed by atoms with Crippen LogP contribution in [0.1, 0.15) is 26.2 Å². The zero-order valence-corrected chi connectivity index (χ0v) is 9.81. The molecule has 1 heterocycles. The summed E-state index contributed by atoms with van der Waals surface area (Å²) < 4.78 is 4.50. The summed E-state index contributed by atoms with van der Waals surface area (Å²) in [6.45, 7) is 3.76. The number of aliphatic carboxylic acids is 1. The molecule has 0 aromatic carbocycles. The quantitative estimate of drug-likeness (QED) is 0.680. The van der Waals surface area contributed by atoms with Crippen molar-refractivity contribution in [1.29, 1.82) is 0 Å². The third kappa shape index (κ3) is 3.20. The fourth-order valence-corrected chi connectivity index (χ4v) is 1.94. The predicted molar refractivity (Wildman–Crippen MR) is 58.0 cm³/mol. The van der Waals surface area contributed by atoms with Crippen LogP contribution in [0.25, 0.3) is 0 Å². The number of carboxylic acid groups (broad SMARTS) is 1. The molecule has 0 amide bonds. The molecule has 1 aliphatic rings. The monoisotopic (exact) mass is 229 g/mol. The predicted octanol–water partition coefficient (Wildman–Crippen LogP) is 0.735. The number of methoxy groups -OCH3 is 1. The highest BCUT2D eigenvalue weighted by Crippen LogP contribution is 2.23. The summed E-state index contributed by atoms with van der Waals surface area (Å²) in [5, 5.41) is 9.06. The molecule has 0 aromatic rings. The Morgan fingerprint density at radius 3 is 2.56 bits per heavy atom. The standard InChI is InChI=1S/C11H19NO4/c1-3-8-6-12(7-8)9(11(14)15)4-5-10(13)16-2/h8-9H,3-7H2,1-2H3,(H,14,15). The summed E-state index contributed by atoms with van der Waals surface area (Å²) in [5.74, 6) is -0.586. The van der Waals surface area contributed by atoms with E-state index in [4.69, 9.17) is 5.11 Å². The zero-order chi connectivity index (χ0) is 12.1. The van der Waals surface area contributed by atoms with Gasteiger partial charge < -0.3 is 9.84 Å². The third-order valence-electron chi connectivity index (χ3n) is 3.14. The molecule has 0 aromatic heterocycles. The normalized spacial score (nSPS) is 18.9. The van der Waals surface area contributed by atoms with Gasteiger partial charge in [0, 0.05) is 19.5 Å². The van der Waals surface area contributed by atoms with Gasteiger partial charge in [0.1, 0.15) is 6.04 Å². The molecule has 1 fully saturated rings. The van der Waals surface area contributed by atoms with E-state index in [9.17, 15) is 9.59 Å². The van der Waals surface area contributed by atoms with Gasteiger partial charge in [-0.25, -0.2) is 0 Å². The van der Waals surface area contributed by atoms with Crippen molar-refractivity contribution in [2.24, 2.45) is 5.92 Å². The molecule has 0 saturated carbocycles. The van der Waals surface area contributed by atoms with E-state index in [0.717, 1.165) is 19.5 Å². The van der Waals surface area contributed by atoms with Gasteiger partial charge in [0.2, 0.25) is 0 Å². The lowest BCUT2D eigenvalue weighted by atomic mass is 9.94. The average Bonchev–Trinajstić information content (AvgIpc) is 2.19. The number of ether oxygens (including phenoxy) is 1. The highest BCUT2D eigenvalue weighted by atomic mass is 16.5. The van der Waals surface area contributed by atoms with Crippen molar-refractivity contribution in [3.63, 3.8) is 0 Å². The molecule has 1 aliphatic heterocycles. The van der Waals surface area contributed by atoms with Crippen LogP contribution < -0.4 is 0 Å². The third-order valence-corrected chi connectivity index (χ3v) is 3.14. The number of esters is 1. The van der Waals surface area contributed by atoms with Crippen LogP contribution >= 0.6 is 0 Å². The number of carbonyl (C=O) groups excluding carboxylic acids is 1. The maximum atomic E-state index is 11.0. The van der Waals surface area contributed by atoms with E-state index in [1.54, 1.807) is 0 Å². The molecule has 1 rings (SSSR count). The Morgan fingerprint density at radius 2 is 2.12 bits per heavy atom. The van der Waals surface area contributed by atoms with Crippen LogP contribution in [0.4, 0.5) is 0 Å². The van der Waals surface area contributed by atoms with Gasteiger partial charge in [-0.15, -0.1) is 0 Å². The van der Waals surface area contributed by atoms with Crippen LogP contribution in [0.5, 0.6) is 0 Å². The second-order valence-corrected chi connectivity index (χ2v) is 4.20. The van der Waals surface area contributed by atoms with Crippen molar-refractivity contribution < 1.29 is 19.4 Å². The van der Waals surface area contributed by atoms with E-state index < -0.39 is 12.0 Å². The number of likely N-dealkylation sites (tertiary alicyclic amines) is 1. The molecule has 0 spiro atoms. The minimum atomic E-state index is -0.849. The van der Waals surface area contributed by atoms with E-state index in [-0.39, 0.29) is 12.4 Å². The van der Waals surface area contributed by atoms with Gasteiger partial charge in [-0.2, -0.15) is 0 Å². The fraction of sp³-hybridized carbons (Fsp3) is 0.818. The lowest BCUT2D eigenvalue weighted by Gasteiger charge is -2.42. The number of nitrogens with zero attached hydrogens (tertiary/aromatic N) is 1. The molecule has 0 bridgehead atoms. The highest BCUT2D eigenvalue weighted by molar-refractivity contribution is 5.75. The van der Waals surface area contributed by atoms with E-state index in [2.05, 4.69) is 11.7 Å². The minimum Gasteiger partial charge on any atom is -0.480 e. The summed E-state index contributed by atoms with van der Waals surface area (Å²) in [6.07, 6.45) is 1.58. The first kappa shape index (κ1) is 13.0. The molecule has 92 valence electrons. The summed E-state index contributed by atoms with van der Waals surface area (Å²) in [6, 6.07) is -0.540. The first-order chi connectivity index (χ1) is 7.58.